The highest BCUT2D eigenvalue weighted by Crippen LogP contribution is 2.46. The summed E-state index contributed by atoms with van der Waals surface area (Å²) in [5, 5.41) is 8.75. The van der Waals surface area contributed by atoms with Crippen LogP contribution in [0.15, 0.2) is 78.9 Å². The maximum atomic E-state index is 13.1. The number of aliphatic hydroxyl groups excluding tert-OH is 1. The highest BCUT2D eigenvalue weighted by Gasteiger charge is 2.41. The quantitative estimate of drug-likeness (QED) is 0.545. The number of thioether (sulfide) groups is 1. The number of benzene rings is 3. The van der Waals surface area contributed by atoms with Gasteiger partial charge in [0.05, 0.1) is 5.25 Å². The summed E-state index contributed by atoms with van der Waals surface area (Å²) < 4.78 is 5.87. The van der Waals surface area contributed by atoms with Crippen LogP contribution in [0.1, 0.15) is 33.3 Å². The monoisotopic (exact) mass is 448 g/mol. The molecule has 0 aliphatic carbocycles. The molecule has 0 aromatic heterocycles. The van der Waals surface area contributed by atoms with Crippen molar-refractivity contribution in [2.75, 3.05) is 11.5 Å². The number of primary amides is 1. The van der Waals surface area contributed by atoms with E-state index in [1.807, 2.05) is 54.6 Å². The molecule has 1 saturated heterocycles. The van der Waals surface area contributed by atoms with Crippen LogP contribution in [0.4, 0.5) is 5.69 Å². The van der Waals surface area contributed by atoms with Crippen LogP contribution in [0.3, 0.4) is 0 Å². The van der Waals surface area contributed by atoms with Crippen molar-refractivity contribution in [3.8, 4) is 5.75 Å². The topological polar surface area (TPSA) is 92.9 Å². The van der Waals surface area contributed by atoms with Crippen LogP contribution in [0.5, 0.6) is 5.75 Å². The minimum absolute atomic E-state index is 0.0719. The lowest BCUT2D eigenvalue weighted by molar-refractivity contribution is -0.118. The average molecular weight is 449 g/mol. The standard InChI is InChI=1S/C25H24N2O4S/c26-23(29)19-7-4-8-20(15-19)27-24(30)22(13-14-28)32-25(27)18-9-11-21(12-10-18)31-16-17-5-2-1-3-6-17/h1-12,15,22,25,28H,13-14,16H2,(H2,26,29)/t22-,25-/m0/s1. The van der Waals surface area contributed by atoms with Crippen LogP contribution < -0.4 is 15.4 Å². The molecule has 6 nitrogen and oxygen atoms in total. The highest BCUT2D eigenvalue weighted by atomic mass is 32.2. The summed E-state index contributed by atoms with van der Waals surface area (Å²) in [7, 11) is 0. The van der Waals surface area contributed by atoms with Gasteiger partial charge < -0.3 is 15.6 Å². The molecule has 164 valence electrons. The van der Waals surface area contributed by atoms with E-state index in [1.54, 1.807) is 29.2 Å². The first-order chi connectivity index (χ1) is 15.6. The van der Waals surface area contributed by atoms with E-state index in [4.69, 9.17) is 10.5 Å². The summed E-state index contributed by atoms with van der Waals surface area (Å²) in [5.41, 5.74) is 8.39. The summed E-state index contributed by atoms with van der Waals surface area (Å²) in [5.74, 6) is 0.0932. The molecule has 2 atom stereocenters. The Morgan fingerprint density at radius 1 is 1.03 bits per heavy atom. The molecule has 1 aliphatic heterocycles. The number of nitrogens with zero attached hydrogens (tertiary/aromatic N) is 1. The molecular formula is C25H24N2O4S. The smallest absolute Gasteiger partial charge is 0.248 e. The summed E-state index contributed by atoms with van der Waals surface area (Å²) in [6.45, 7) is 0.402. The first-order valence-electron chi connectivity index (χ1n) is 10.3. The molecule has 0 unspecified atom stereocenters. The van der Waals surface area contributed by atoms with Crippen LogP contribution in [-0.4, -0.2) is 28.8 Å². The fraction of sp³-hybridized carbons (Fsp3) is 0.200. The number of rotatable bonds is 8. The Kier molecular flexibility index (Phi) is 6.78. The first-order valence-corrected chi connectivity index (χ1v) is 11.3. The Labute approximate surface area is 191 Å². The van der Waals surface area contributed by atoms with E-state index in [0.717, 1.165) is 16.9 Å². The van der Waals surface area contributed by atoms with Gasteiger partial charge in [0.2, 0.25) is 11.8 Å². The number of ether oxygens (including phenoxy) is 1. The molecule has 1 heterocycles. The van der Waals surface area contributed by atoms with Gasteiger partial charge in [0.15, 0.2) is 0 Å². The molecule has 3 N–H and O–H groups in total. The average Bonchev–Trinajstić information content (AvgIpc) is 3.15. The van der Waals surface area contributed by atoms with Crippen molar-refractivity contribution in [3.05, 3.63) is 95.6 Å². The zero-order chi connectivity index (χ0) is 22.5. The van der Waals surface area contributed by atoms with E-state index in [9.17, 15) is 14.7 Å². The van der Waals surface area contributed by atoms with Gasteiger partial charge in [-0.1, -0.05) is 48.5 Å². The molecule has 0 radical (unpaired) electrons. The van der Waals surface area contributed by atoms with Crippen molar-refractivity contribution in [2.24, 2.45) is 5.73 Å². The van der Waals surface area contributed by atoms with Crippen molar-refractivity contribution in [2.45, 2.75) is 23.7 Å². The third kappa shape index (κ3) is 4.79. The van der Waals surface area contributed by atoms with E-state index in [2.05, 4.69) is 0 Å². The second-order valence-electron chi connectivity index (χ2n) is 7.46. The van der Waals surface area contributed by atoms with Gasteiger partial charge in [0.25, 0.3) is 0 Å². The van der Waals surface area contributed by atoms with Crippen molar-refractivity contribution < 1.29 is 19.4 Å². The highest BCUT2D eigenvalue weighted by molar-refractivity contribution is 8.01. The largest absolute Gasteiger partial charge is 0.489 e. The van der Waals surface area contributed by atoms with Gasteiger partial charge >= 0.3 is 0 Å². The number of nitrogens with two attached hydrogens (primary N) is 1. The summed E-state index contributed by atoms with van der Waals surface area (Å²) in [6.07, 6.45) is 0.365. The summed E-state index contributed by atoms with van der Waals surface area (Å²) >= 11 is 1.49. The van der Waals surface area contributed by atoms with Crippen LogP contribution in [0.2, 0.25) is 0 Å². The predicted molar refractivity (Wildman–Crippen MR) is 125 cm³/mol. The summed E-state index contributed by atoms with van der Waals surface area (Å²) in [4.78, 5) is 26.5. The Morgan fingerprint density at radius 3 is 2.47 bits per heavy atom. The molecule has 1 aliphatic rings. The van der Waals surface area contributed by atoms with Gasteiger partial charge in [-0.15, -0.1) is 11.8 Å². The van der Waals surface area contributed by atoms with Crippen LogP contribution >= 0.6 is 11.8 Å². The van der Waals surface area contributed by atoms with Gasteiger partial charge in [-0.3, -0.25) is 14.5 Å². The molecule has 0 spiro atoms. The van der Waals surface area contributed by atoms with Crippen molar-refractivity contribution in [1.29, 1.82) is 0 Å². The molecule has 1 fully saturated rings. The Hall–Kier alpha value is -3.29. The Morgan fingerprint density at radius 2 is 1.78 bits per heavy atom. The molecule has 3 aromatic carbocycles. The van der Waals surface area contributed by atoms with Crippen molar-refractivity contribution in [1.82, 2.24) is 0 Å². The zero-order valence-corrected chi connectivity index (χ0v) is 18.2. The minimum Gasteiger partial charge on any atom is -0.489 e. The SMILES string of the molecule is NC(=O)c1cccc(N2C(=O)[C@H](CCO)S[C@H]2c2ccc(OCc3ccccc3)cc2)c1. The summed E-state index contributed by atoms with van der Waals surface area (Å²) in [6, 6.07) is 24.3. The molecule has 0 saturated carbocycles. The fourth-order valence-electron chi connectivity index (χ4n) is 3.62. The number of aliphatic hydroxyl groups is 1. The number of hydrogen-bond donors (Lipinski definition) is 2. The number of amides is 2. The number of carbonyl (C=O) groups excluding carboxylic acids is 2. The molecule has 7 heteroatoms. The number of carbonyl (C=O) groups is 2. The Balaban J connectivity index is 1.57. The van der Waals surface area contributed by atoms with Gasteiger partial charge in [-0.05, 0) is 47.9 Å². The van der Waals surface area contributed by atoms with Gasteiger partial charge in [0.1, 0.15) is 17.7 Å². The second-order valence-corrected chi connectivity index (χ2v) is 8.74. The maximum Gasteiger partial charge on any atom is 0.248 e. The lowest BCUT2D eigenvalue weighted by Gasteiger charge is -2.25. The zero-order valence-electron chi connectivity index (χ0n) is 17.4. The molecule has 4 rings (SSSR count). The third-order valence-corrected chi connectivity index (χ3v) is 6.76. The van der Waals surface area contributed by atoms with E-state index < -0.39 is 5.91 Å². The fourth-order valence-corrected chi connectivity index (χ4v) is 5.07. The maximum absolute atomic E-state index is 13.1. The van der Waals surface area contributed by atoms with Crippen LogP contribution in [0.25, 0.3) is 0 Å². The second kappa shape index (κ2) is 9.89. The lowest BCUT2D eigenvalue weighted by atomic mass is 10.1. The van der Waals surface area contributed by atoms with Gasteiger partial charge in [0, 0.05) is 17.9 Å². The van der Waals surface area contributed by atoms with Crippen molar-refractivity contribution in [3.63, 3.8) is 0 Å². The molecule has 3 aromatic rings. The van der Waals surface area contributed by atoms with E-state index >= 15 is 0 Å². The van der Waals surface area contributed by atoms with Crippen molar-refractivity contribution >= 4 is 29.3 Å². The predicted octanol–water partition coefficient (Wildman–Crippen LogP) is 3.89. The molecule has 0 bridgehead atoms. The lowest BCUT2D eigenvalue weighted by Crippen LogP contribution is -2.31. The minimum atomic E-state index is -0.547. The molecule has 2 amide bonds. The normalized spacial score (nSPS) is 18.0. The van der Waals surface area contributed by atoms with E-state index in [0.29, 0.717) is 24.3 Å². The number of hydrogen-bond acceptors (Lipinski definition) is 5. The first kappa shape index (κ1) is 21.9. The van der Waals surface area contributed by atoms with Gasteiger partial charge in [-0.2, -0.15) is 0 Å². The van der Waals surface area contributed by atoms with E-state index in [1.165, 1.54) is 11.8 Å². The van der Waals surface area contributed by atoms with E-state index in [-0.39, 0.29) is 23.1 Å². The molecule has 32 heavy (non-hydrogen) atoms. The Bertz CT molecular complexity index is 1090. The van der Waals surface area contributed by atoms with Crippen LogP contribution in [0, 0.1) is 0 Å². The van der Waals surface area contributed by atoms with Crippen LogP contribution in [-0.2, 0) is 11.4 Å². The number of anilines is 1. The third-order valence-electron chi connectivity index (χ3n) is 5.25. The molecular weight excluding hydrogens is 424 g/mol. The van der Waals surface area contributed by atoms with Gasteiger partial charge in [-0.25, -0.2) is 0 Å².